The van der Waals surface area contributed by atoms with Gasteiger partial charge in [-0.3, -0.25) is 28.8 Å². The van der Waals surface area contributed by atoms with Gasteiger partial charge in [-0.1, -0.05) is 0 Å². The van der Waals surface area contributed by atoms with Crippen molar-refractivity contribution in [2.24, 2.45) is 17.8 Å². The van der Waals surface area contributed by atoms with E-state index in [2.05, 4.69) is 0 Å². The third kappa shape index (κ3) is 18.7. The van der Waals surface area contributed by atoms with Crippen molar-refractivity contribution in [1.29, 1.82) is 0 Å². The smallest absolute Gasteiger partial charge is 0.299 e. The van der Waals surface area contributed by atoms with E-state index in [1.165, 1.54) is 41.5 Å². The molecule has 0 aliphatic rings. The van der Waals surface area contributed by atoms with Crippen LogP contribution in [0.15, 0.2) is 0 Å². The van der Waals surface area contributed by atoms with E-state index < -0.39 is 17.8 Å². The van der Waals surface area contributed by atoms with Crippen LogP contribution in [0.1, 0.15) is 62.3 Å². The standard InChI is InChI=1S/3C6H10O2.Fe/c3*1-4(5(2)7)6(3)8;/h3*4H,1-3H3;/q;;;+3. The van der Waals surface area contributed by atoms with E-state index in [1.807, 2.05) is 0 Å². The summed E-state index contributed by atoms with van der Waals surface area (Å²) in [4.78, 5) is 62.2. The Morgan fingerprint density at radius 3 is 0.480 bits per heavy atom. The fraction of sp³-hybridized carbons (Fsp3) is 0.667. The van der Waals surface area contributed by atoms with Crippen LogP contribution in [0.4, 0.5) is 0 Å². The molecule has 7 heteroatoms. The molecular weight excluding hydrogens is 368 g/mol. The molecule has 0 aromatic rings. The zero-order chi connectivity index (χ0) is 20.2. The molecule has 0 saturated heterocycles. The Bertz CT molecular complexity index is 382. The number of hydrogen-bond acceptors (Lipinski definition) is 6. The predicted octanol–water partition coefficient (Wildman–Crippen LogP) is 2.40. The predicted molar refractivity (Wildman–Crippen MR) is 91.6 cm³/mol. The molecule has 0 bridgehead atoms. The maximum Gasteiger partial charge on any atom is 3.00 e. The third-order valence-corrected chi connectivity index (χ3v) is 3.66. The normalized spacial score (nSPS) is 9.12. The maximum absolute atomic E-state index is 10.4. The van der Waals surface area contributed by atoms with Crippen molar-refractivity contribution < 1.29 is 45.8 Å². The van der Waals surface area contributed by atoms with E-state index in [0.717, 1.165) is 0 Å². The molecule has 0 saturated carbocycles. The molecule has 0 spiro atoms. The minimum atomic E-state index is -0.407. The SMILES string of the molecule is CC(=O)C(C)C(C)=O.CC(=O)C(C)C(C)=O.CC(=O)C(C)C(C)=O.[Fe+3]. The summed E-state index contributed by atoms with van der Waals surface area (Å²) in [7, 11) is 0. The first-order valence-corrected chi connectivity index (χ1v) is 7.69. The number of Topliss-reactive ketones (excluding diaryl/α,β-unsaturated/α-hetero) is 6. The number of ketones is 6. The zero-order valence-corrected chi connectivity index (χ0v) is 17.6. The second kappa shape index (κ2) is 16.0. The molecule has 1 radical (unpaired) electrons. The molecule has 0 aliphatic carbocycles. The van der Waals surface area contributed by atoms with Crippen LogP contribution >= 0.6 is 0 Å². The topological polar surface area (TPSA) is 102 Å². The Balaban J connectivity index is -0.000000130. The van der Waals surface area contributed by atoms with Crippen LogP contribution in [-0.4, -0.2) is 34.7 Å². The van der Waals surface area contributed by atoms with Crippen molar-refractivity contribution in [2.45, 2.75) is 62.3 Å². The van der Waals surface area contributed by atoms with Gasteiger partial charge in [-0.25, -0.2) is 0 Å². The van der Waals surface area contributed by atoms with Gasteiger partial charge in [0.25, 0.3) is 0 Å². The molecular formula is C18H30FeO6+3. The van der Waals surface area contributed by atoms with Crippen LogP contribution in [0.3, 0.4) is 0 Å². The molecule has 6 nitrogen and oxygen atoms in total. The molecule has 0 aliphatic heterocycles. The van der Waals surface area contributed by atoms with E-state index in [1.54, 1.807) is 20.8 Å². The average molecular weight is 398 g/mol. The first-order valence-electron chi connectivity index (χ1n) is 7.69. The van der Waals surface area contributed by atoms with Gasteiger partial charge in [0.05, 0.1) is 17.8 Å². The Morgan fingerprint density at radius 2 is 0.480 bits per heavy atom. The van der Waals surface area contributed by atoms with E-state index in [4.69, 9.17) is 0 Å². The number of hydrogen-bond donors (Lipinski definition) is 0. The fourth-order valence-electron chi connectivity index (χ4n) is 0.859. The van der Waals surface area contributed by atoms with Crippen molar-refractivity contribution >= 4 is 34.7 Å². The van der Waals surface area contributed by atoms with Gasteiger partial charge in [0.2, 0.25) is 0 Å². The Hall–Kier alpha value is -1.46. The van der Waals surface area contributed by atoms with Crippen LogP contribution in [0.25, 0.3) is 0 Å². The summed E-state index contributed by atoms with van der Waals surface area (Å²) in [5.74, 6) is -1.57. The summed E-state index contributed by atoms with van der Waals surface area (Å²) in [6.07, 6.45) is 0. The van der Waals surface area contributed by atoms with Gasteiger partial charge in [-0.05, 0) is 62.3 Å². The number of carbonyl (C=O) groups is 6. The Kier molecular flexibility index (Phi) is 20.1. The zero-order valence-electron chi connectivity index (χ0n) is 16.5. The average Bonchev–Trinajstić information content (AvgIpc) is 2.45. The molecule has 0 atom stereocenters. The van der Waals surface area contributed by atoms with Gasteiger partial charge in [-0.2, -0.15) is 0 Å². The first-order chi connectivity index (χ1) is 10.7. The van der Waals surface area contributed by atoms with Gasteiger partial charge in [-0.15, -0.1) is 0 Å². The summed E-state index contributed by atoms with van der Waals surface area (Å²) < 4.78 is 0. The van der Waals surface area contributed by atoms with Gasteiger partial charge in [0.15, 0.2) is 0 Å². The van der Waals surface area contributed by atoms with Crippen LogP contribution in [-0.2, 0) is 45.8 Å². The van der Waals surface area contributed by atoms with Crippen molar-refractivity contribution in [3.8, 4) is 0 Å². The van der Waals surface area contributed by atoms with E-state index in [0.29, 0.717) is 0 Å². The second-order valence-corrected chi connectivity index (χ2v) is 5.83. The Labute approximate surface area is 161 Å². The van der Waals surface area contributed by atoms with Crippen LogP contribution in [0, 0.1) is 17.8 Å². The summed E-state index contributed by atoms with van der Waals surface area (Å²) in [6, 6.07) is 0. The quantitative estimate of drug-likeness (QED) is 0.503. The number of rotatable bonds is 6. The first kappa shape index (κ1) is 31.3. The molecule has 25 heavy (non-hydrogen) atoms. The maximum atomic E-state index is 10.4. The summed E-state index contributed by atoms with van der Waals surface area (Å²) in [5, 5.41) is 0. The van der Waals surface area contributed by atoms with E-state index in [9.17, 15) is 28.8 Å². The van der Waals surface area contributed by atoms with Crippen LogP contribution in [0.5, 0.6) is 0 Å². The molecule has 0 aromatic carbocycles. The minimum Gasteiger partial charge on any atom is -0.299 e. The molecule has 0 aromatic heterocycles. The molecule has 143 valence electrons. The van der Waals surface area contributed by atoms with Gasteiger partial charge in [0, 0.05) is 0 Å². The molecule has 0 amide bonds. The molecule has 0 fully saturated rings. The molecule has 0 unspecified atom stereocenters. The Morgan fingerprint density at radius 1 is 0.400 bits per heavy atom. The minimum absolute atomic E-state index is 0. The molecule has 0 heterocycles. The summed E-state index contributed by atoms with van der Waals surface area (Å²) in [6.45, 7) is 13.4. The monoisotopic (exact) mass is 398 g/mol. The second-order valence-electron chi connectivity index (χ2n) is 5.83. The van der Waals surface area contributed by atoms with Gasteiger partial charge in [0.1, 0.15) is 34.7 Å². The van der Waals surface area contributed by atoms with Gasteiger partial charge < -0.3 is 0 Å². The fourth-order valence-corrected chi connectivity index (χ4v) is 0.859. The van der Waals surface area contributed by atoms with Gasteiger partial charge >= 0.3 is 17.1 Å². The molecule has 0 N–H and O–H groups in total. The van der Waals surface area contributed by atoms with Crippen LogP contribution in [0.2, 0.25) is 0 Å². The third-order valence-electron chi connectivity index (χ3n) is 3.66. The summed E-state index contributed by atoms with van der Waals surface area (Å²) in [5.41, 5.74) is 0. The van der Waals surface area contributed by atoms with Crippen LogP contribution < -0.4 is 0 Å². The molecule has 0 rings (SSSR count). The van der Waals surface area contributed by atoms with E-state index >= 15 is 0 Å². The van der Waals surface area contributed by atoms with Crippen molar-refractivity contribution in [3.63, 3.8) is 0 Å². The van der Waals surface area contributed by atoms with Crippen molar-refractivity contribution in [2.75, 3.05) is 0 Å². The van der Waals surface area contributed by atoms with Crippen molar-refractivity contribution in [1.82, 2.24) is 0 Å². The summed E-state index contributed by atoms with van der Waals surface area (Å²) >= 11 is 0. The van der Waals surface area contributed by atoms with Crippen molar-refractivity contribution in [3.05, 3.63) is 0 Å². The largest absolute Gasteiger partial charge is 3.00 e. The number of carbonyl (C=O) groups excluding carboxylic acids is 6. The van der Waals surface area contributed by atoms with E-state index in [-0.39, 0.29) is 51.8 Å².